The van der Waals surface area contributed by atoms with Gasteiger partial charge in [-0.1, -0.05) is 0 Å². The maximum atomic E-state index is 13.8. The number of hydrogen-bond acceptors (Lipinski definition) is 4. The van der Waals surface area contributed by atoms with E-state index in [1.54, 1.807) is 6.07 Å². The van der Waals surface area contributed by atoms with Gasteiger partial charge >= 0.3 is 0 Å². The van der Waals surface area contributed by atoms with Crippen LogP contribution in [0.4, 0.5) is 15.8 Å². The lowest BCUT2D eigenvalue weighted by atomic mass is 10.2. The molecule has 1 aromatic rings. The molecule has 1 saturated carbocycles. The zero-order valence-electron chi connectivity index (χ0n) is 12.3. The summed E-state index contributed by atoms with van der Waals surface area (Å²) >= 11 is 1.91. The number of halogens is 1. The first kappa shape index (κ1) is 15.3. The fraction of sp³-hybridized carbons (Fsp3) is 0.600. The van der Waals surface area contributed by atoms with Crippen molar-refractivity contribution in [1.82, 2.24) is 0 Å². The molecule has 1 aliphatic carbocycles. The van der Waals surface area contributed by atoms with E-state index < -0.39 is 5.82 Å². The van der Waals surface area contributed by atoms with Crippen LogP contribution in [0.2, 0.25) is 0 Å². The Hall–Kier alpha value is -1.10. The van der Waals surface area contributed by atoms with E-state index in [1.165, 1.54) is 12.5 Å². The van der Waals surface area contributed by atoms with E-state index in [9.17, 15) is 4.39 Å². The molecule has 0 radical (unpaired) electrons. The van der Waals surface area contributed by atoms with E-state index >= 15 is 0 Å². The van der Waals surface area contributed by atoms with Crippen LogP contribution in [-0.2, 0) is 0 Å². The van der Waals surface area contributed by atoms with E-state index in [-0.39, 0.29) is 11.9 Å². The van der Waals surface area contributed by atoms with E-state index in [0.29, 0.717) is 17.0 Å². The van der Waals surface area contributed by atoms with Crippen molar-refractivity contribution in [2.24, 2.45) is 0 Å². The minimum Gasteiger partial charge on any atom is -0.488 e. The van der Waals surface area contributed by atoms with Crippen molar-refractivity contribution < 1.29 is 9.13 Å². The van der Waals surface area contributed by atoms with Crippen molar-refractivity contribution in [3.05, 3.63) is 17.9 Å². The van der Waals surface area contributed by atoms with Gasteiger partial charge in [-0.3, -0.25) is 0 Å². The Morgan fingerprint density at radius 1 is 1.40 bits per heavy atom. The Labute approximate surface area is 124 Å². The van der Waals surface area contributed by atoms with Crippen molar-refractivity contribution in [2.75, 3.05) is 17.3 Å². The van der Waals surface area contributed by atoms with E-state index in [2.05, 4.69) is 11.6 Å². The summed E-state index contributed by atoms with van der Waals surface area (Å²) in [6.07, 6.45) is 5.55. The first-order valence-electron chi connectivity index (χ1n) is 7.04. The van der Waals surface area contributed by atoms with Crippen molar-refractivity contribution in [3.63, 3.8) is 0 Å². The molecule has 112 valence electrons. The average Bonchev–Trinajstić information content (AvgIpc) is 2.82. The quantitative estimate of drug-likeness (QED) is 0.810. The lowest BCUT2D eigenvalue weighted by molar-refractivity contribution is 0.231. The summed E-state index contributed by atoms with van der Waals surface area (Å²) in [5.74, 6) is -0.147. The number of ether oxygens (including phenoxy) is 1. The average molecular weight is 298 g/mol. The van der Waals surface area contributed by atoms with Crippen LogP contribution in [0.5, 0.6) is 5.75 Å². The fourth-order valence-corrected chi connectivity index (χ4v) is 3.34. The molecule has 0 amide bonds. The van der Waals surface area contributed by atoms with Crippen LogP contribution in [0.25, 0.3) is 0 Å². The molecule has 0 aliphatic heterocycles. The van der Waals surface area contributed by atoms with Crippen LogP contribution >= 0.6 is 11.8 Å². The Kier molecular flexibility index (Phi) is 5.02. The number of rotatable bonds is 5. The number of hydrogen-bond donors (Lipinski definition) is 2. The number of nitrogens with two attached hydrogens (primary N) is 1. The van der Waals surface area contributed by atoms with Crippen LogP contribution in [0.1, 0.15) is 33.1 Å². The molecule has 5 heteroatoms. The third-order valence-corrected chi connectivity index (χ3v) is 4.64. The second kappa shape index (κ2) is 6.57. The summed E-state index contributed by atoms with van der Waals surface area (Å²) in [5.41, 5.74) is 7.11. The SMILES string of the molecule is CSC1CCC(Nc2cc(OC(C)C)c(F)cc2N)C1. The van der Waals surface area contributed by atoms with Gasteiger partial charge in [-0.05, 0) is 39.4 Å². The third kappa shape index (κ3) is 3.72. The van der Waals surface area contributed by atoms with E-state index in [0.717, 1.165) is 18.5 Å². The number of nitrogens with one attached hydrogen (secondary N) is 1. The van der Waals surface area contributed by atoms with Crippen LogP contribution in [0.15, 0.2) is 12.1 Å². The number of anilines is 2. The first-order chi connectivity index (χ1) is 9.49. The van der Waals surface area contributed by atoms with Gasteiger partial charge in [-0.15, -0.1) is 0 Å². The van der Waals surface area contributed by atoms with E-state index in [1.807, 2.05) is 25.6 Å². The van der Waals surface area contributed by atoms with Gasteiger partial charge in [-0.25, -0.2) is 4.39 Å². The molecule has 1 aliphatic rings. The zero-order valence-corrected chi connectivity index (χ0v) is 13.1. The van der Waals surface area contributed by atoms with Gasteiger partial charge in [-0.2, -0.15) is 11.8 Å². The summed E-state index contributed by atoms with van der Waals surface area (Å²) in [6, 6.07) is 3.42. The molecule has 3 N–H and O–H groups in total. The fourth-order valence-electron chi connectivity index (χ4n) is 2.54. The van der Waals surface area contributed by atoms with Crippen molar-refractivity contribution in [2.45, 2.75) is 50.5 Å². The lowest BCUT2D eigenvalue weighted by Gasteiger charge is -2.18. The summed E-state index contributed by atoms with van der Waals surface area (Å²) in [4.78, 5) is 0. The molecule has 0 saturated heterocycles. The molecule has 2 unspecified atom stereocenters. The van der Waals surface area contributed by atoms with Crippen LogP contribution < -0.4 is 15.8 Å². The molecule has 0 heterocycles. The molecule has 0 aromatic heterocycles. The Morgan fingerprint density at radius 2 is 2.15 bits per heavy atom. The highest BCUT2D eigenvalue weighted by molar-refractivity contribution is 7.99. The van der Waals surface area contributed by atoms with Crippen LogP contribution in [0.3, 0.4) is 0 Å². The lowest BCUT2D eigenvalue weighted by Crippen LogP contribution is -2.17. The van der Waals surface area contributed by atoms with Gasteiger partial charge in [0.15, 0.2) is 11.6 Å². The second-order valence-corrected chi connectivity index (χ2v) is 6.69. The zero-order chi connectivity index (χ0) is 14.7. The second-order valence-electron chi connectivity index (χ2n) is 5.55. The number of benzene rings is 1. The molecule has 2 rings (SSSR count). The molecule has 3 nitrogen and oxygen atoms in total. The largest absolute Gasteiger partial charge is 0.488 e. The molecule has 2 atom stereocenters. The van der Waals surface area contributed by atoms with Gasteiger partial charge < -0.3 is 15.8 Å². The van der Waals surface area contributed by atoms with Gasteiger partial charge in [0.05, 0.1) is 17.5 Å². The predicted octanol–water partition coefficient (Wildman–Crippen LogP) is 3.89. The Balaban J connectivity index is 2.11. The minimum absolute atomic E-state index is 0.0617. The Morgan fingerprint density at radius 3 is 2.75 bits per heavy atom. The van der Waals surface area contributed by atoms with Crippen molar-refractivity contribution in [1.29, 1.82) is 0 Å². The first-order valence-corrected chi connectivity index (χ1v) is 8.33. The van der Waals surface area contributed by atoms with Gasteiger partial charge in [0.1, 0.15) is 0 Å². The summed E-state index contributed by atoms with van der Waals surface area (Å²) < 4.78 is 19.3. The molecular formula is C15H23FN2OS. The highest BCUT2D eigenvalue weighted by Gasteiger charge is 2.24. The van der Waals surface area contributed by atoms with Gasteiger partial charge in [0.2, 0.25) is 0 Å². The third-order valence-electron chi connectivity index (χ3n) is 3.54. The van der Waals surface area contributed by atoms with E-state index in [4.69, 9.17) is 10.5 Å². The number of thioether (sulfide) groups is 1. The van der Waals surface area contributed by atoms with Crippen molar-refractivity contribution in [3.8, 4) is 5.75 Å². The summed E-state index contributed by atoms with van der Waals surface area (Å²) in [6.45, 7) is 3.76. The number of nitrogen functional groups attached to an aromatic ring is 1. The smallest absolute Gasteiger partial charge is 0.167 e. The summed E-state index contributed by atoms with van der Waals surface area (Å²) in [7, 11) is 0. The monoisotopic (exact) mass is 298 g/mol. The molecule has 0 bridgehead atoms. The highest BCUT2D eigenvalue weighted by Crippen LogP contribution is 2.34. The maximum absolute atomic E-state index is 13.8. The highest BCUT2D eigenvalue weighted by atomic mass is 32.2. The van der Waals surface area contributed by atoms with Crippen LogP contribution in [-0.4, -0.2) is 23.7 Å². The predicted molar refractivity (Wildman–Crippen MR) is 85.1 cm³/mol. The molecule has 1 aromatic carbocycles. The molecule has 1 fully saturated rings. The standard InChI is InChI=1S/C15H23FN2OS/c1-9(2)19-15-8-14(13(17)7-12(15)16)18-10-4-5-11(6-10)20-3/h7-11,18H,4-6,17H2,1-3H3. The van der Waals surface area contributed by atoms with Crippen molar-refractivity contribution >= 4 is 23.1 Å². The summed E-state index contributed by atoms with van der Waals surface area (Å²) in [5, 5.41) is 4.14. The molecule has 20 heavy (non-hydrogen) atoms. The molecule has 0 spiro atoms. The van der Waals surface area contributed by atoms with Gasteiger partial charge in [0.25, 0.3) is 0 Å². The Bertz CT molecular complexity index is 467. The molecular weight excluding hydrogens is 275 g/mol. The normalized spacial score (nSPS) is 22.2. The van der Waals surface area contributed by atoms with Crippen LogP contribution in [0, 0.1) is 5.82 Å². The van der Waals surface area contributed by atoms with Gasteiger partial charge in [0, 0.05) is 23.4 Å². The maximum Gasteiger partial charge on any atom is 0.167 e. The topological polar surface area (TPSA) is 47.3 Å². The minimum atomic E-state index is -0.407.